The lowest BCUT2D eigenvalue weighted by Gasteiger charge is -2.38. The summed E-state index contributed by atoms with van der Waals surface area (Å²) in [6.45, 7) is 5.33. The van der Waals surface area contributed by atoms with E-state index in [1.54, 1.807) is 24.0 Å². The van der Waals surface area contributed by atoms with E-state index < -0.39 is 16.1 Å². The van der Waals surface area contributed by atoms with Crippen LogP contribution in [0, 0.1) is 5.92 Å². The highest BCUT2D eigenvalue weighted by Gasteiger charge is 2.34. The second-order valence-corrected chi connectivity index (χ2v) is 12.9. The molecule has 0 unspecified atom stereocenters. The van der Waals surface area contributed by atoms with Crippen LogP contribution in [0.4, 0.5) is 5.69 Å². The minimum atomic E-state index is -3.93. The molecule has 10 nitrogen and oxygen atoms in total. The van der Waals surface area contributed by atoms with Crippen LogP contribution in [0.25, 0.3) is 0 Å². The average molecular weight is 616 g/mol. The van der Waals surface area contributed by atoms with Crippen molar-refractivity contribution in [2.75, 3.05) is 38.3 Å². The number of halogens is 1. The highest BCUT2D eigenvalue weighted by molar-refractivity contribution is 7.92. The lowest BCUT2D eigenvalue weighted by atomic mass is 9.99. The molecule has 2 heterocycles. The zero-order valence-electron chi connectivity index (χ0n) is 23.6. The summed E-state index contributed by atoms with van der Waals surface area (Å²) < 4.78 is 45.9. The summed E-state index contributed by atoms with van der Waals surface area (Å²) in [7, 11) is -1.94. The monoisotopic (exact) mass is 615 g/mol. The summed E-state index contributed by atoms with van der Waals surface area (Å²) >= 11 is 5.91. The maximum Gasteiger partial charge on any atom is 0.261 e. The number of hydrogen-bond donors (Lipinski definition) is 2. The van der Waals surface area contributed by atoms with Crippen molar-refractivity contribution in [3.05, 3.63) is 76.8 Å². The van der Waals surface area contributed by atoms with E-state index in [2.05, 4.69) is 9.62 Å². The van der Waals surface area contributed by atoms with Crippen LogP contribution in [0.5, 0.6) is 17.2 Å². The number of benzene rings is 3. The van der Waals surface area contributed by atoms with Gasteiger partial charge in [-0.3, -0.25) is 14.4 Å². The number of carbonyl (C=O) groups is 1. The van der Waals surface area contributed by atoms with Gasteiger partial charge in [0.05, 0.1) is 23.1 Å². The summed E-state index contributed by atoms with van der Waals surface area (Å²) in [6, 6.07) is 15.9. The number of hydrogen-bond acceptors (Lipinski definition) is 8. The Hall–Kier alpha value is -3.51. The number of rotatable bonds is 9. The third-order valence-electron chi connectivity index (χ3n) is 7.42. The number of nitrogens with zero attached hydrogens (tertiary/aromatic N) is 2. The number of nitrogens with one attached hydrogen (secondary N) is 1. The number of amides is 1. The van der Waals surface area contributed by atoms with Gasteiger partial charge in [0.2, 0.25) is 6.79 Å². The summed E-state index contributed by atoms with van der Waals surface area (Å²) in [5.74, 6) is 1.38. The van der Waals surface area contributed by atoms with Crippen molar-refractivity contribution >= 4 is 33.2 Å². The number of anilines is 1. The zero-order chi connectivity index (χ0) is 30.0. The van der Waals surface area contributed by atoms with Crippen LogP contribution in [-0.4, -0.2) is 74.9 Å². The molecule has 3 atom stereocenters. The number of carbonyl (C=O) groups excluding carboxylic acids is 1. The van der Waals surface area contributed by atoms with E-state index in [1.807, 2.05) is 32.2 Å². The second kappa shape index (κ2) is 12.4. The Morgan fingerprint density at radius 2 is 1.79 bits per heavy atom. The number of ether oxygens (including phenoxy) is 3. The molecule has 0 spiro atoms. The molecule has 2 aliphatic rings. The van der Waals surface area contributed by atoms with Crippen LogP contribution in [0.2, 0.25) is 5.02 Å². The molecule has 0 fully saturated rings. The first-order valence-corrected chi connectivity index (χ1v) is 15.5. The molecule has 224 valence electrons. The first-order valence-electron chi connectivity index (χ1n) is 13.6. The molecule has 0 aliphatic carbocycles. The van der Waals surface area contributed by atoms with Crippen LogP contribution < -0.4 is 18.9 Å². The fourth-order valence-electron chi connectivity index (χ4n) is 5.05. The Labute approximate surface area is 250 Å². The van der Waals surface area contributed by atoms with Crippen molar-refractivity contribution < 1.29 is 32.5 Å². The van der Waals surface area contributed by atoms with Crippen molar-refractivity contribution in [3.8, 4) is 17.2 Å². The zero-order valence-corrected chi connectivity index (χ0v) is 25.2. The predicted octanol–water partition coefficient (Wildman–Crippen LogP) is 4.22. The number of sulfonamides is 1. The summed E-state index contributed by atoms with van der Waals surface area (Å²) in [6.07, 6.45) is -0.305. The molecule has 12 heteroatoms. The maximum atomic E-state index is 13.7. The Balaban J connectivity index is 1.40. The van der Waals surface area contributed by atoms with Crippen molar-refractivity contribution in [1.82, 2.24) is 9.80 Å². The Morgan fingerprint density at radius 1 is 1.07 bits per heavy atom. The number of aliphatic hydroxyl groups excluding tert-OH is 1. The van der Waals surface area contributed by atoms with E-state index >= 15 is 0 Å². The van der Waals surface area contributed by atoms with Gasteiger partial charge in [0, 0.05) is 36.3 Å². The number of likely N-dealkylation sites (N-methyl/N-ethyl adjacent to an activating group) is 1. The lowest BCUT2D eigenvalue weighted by Crippen LogP contribution is -2.49. The van der Waals surface area contributed by atoms with Gasteiger partial charge in [0.1, 0.15) is 11.9 Å². The quantitative estimate of drug-likeness (QED) is 0.367. The largest absolute Gasteiger partial charge is 0.488 e. The first kappa shape index (κ1) is 30.0. The van der Waals surface area contributed by atoms with Gasteiger partial charge in [-0.2, -0.15) is 0 Å². The third kappa shape index (κ3) is 6.59. The van der Waals surface area contributed by atoms with Crippen molar-refractivity contribution in [1.29, 1.82) is 0 Å². The number of aliphatic hydroxyl groups is 1. The first-order chi connectivity index (χ1) is 20.0. The van der Waals surface area contributed by atoms with Crippen molar-refractivity contribution in [2.24, 2.45) is 5.92 Å². The van der Waals surface area contributed by atoms with Crippen LogP contribution >= 0.6 is 11.6 Å². The molecule has 2 aliphatic heterocycles. The molecule has 1 amide bonds. The maximum absolute atomic E-state index is 13.7. The van der Waals surface area contributed by atoms with Crippen LogP contribution in [-0.2, 0) is 16.6 Å². The molecule has 0 radical (unpaired) electrons. The Morgan fingerprint density at radius 3 is 2.52 bits per heavy atom. The van der Waals surface area contributed by atoms with Crippen LogP contribution in [0.3, 0.4) is 0 Å². The lowest BCUT2D eigenvalue weighted by molar-refractivity contribution is 0.0341. The molecule has 3 aromatic rings. The molecular weight excluding hydrogens is 582 g/mol. The molecule has 3 aromatic carbocycles. The summed E-state index contributed by atoms with van der Waals surface area (Å²) in [4.78, 5) is 17.5. The second-order valence-electron chi connectivity index (χ2n) is 10.8. The SMILES string of the molecule is C[C@H]1CN([C@@H](C)CO)C(=O)c2cc(NS(=O)(=O)c3ccc(Cl)cc3)ccc2O[C@H]1CN(C)Cc1ccc2c(c1)OCO2. The minimum Gasteiger partial charge on any atom is -0.488 e. The van der Waals surface area contributed by atoms with Crippen LogP contribution in [0.1, 0.15) is 29.8 Å². The molecule has 42 heavy (non-hydrogen) atoms. The van der Waals surface area contributed by atoms with Gasteiger partial charge >= 0.3 is 0 Å². The van der Waals surface area contributed by atoms with Crippen molar-refractivity contribution in [2.45, 2.75) is 37.4 Å². The number of fused-ring (bicyclic) bond motifs is 2. The highest BCUT2D eigenvalue weighted by Crippen LogP contribution is 2.34. The van der Waals surface area contributed by atoms with Gasteiger partial charge in [0.15, 0.2) is 11.5 Å². The van der Waals surface area contributed by atoms with E-state index in [0.29, 0.717) is 30.4 Å². The average Bonchev–Trinajstić information content (AvgIpc) is 3.43. The smallest absolute Gasteiger partial charge is 0.261 e. The van der Waals surface area contributed by atoms with Gasteiger partial charge < -0.3 is 24.2 Å². The van der Waals surface area contributed by atoms with Crippen LogP contribution in [0.15, 0.2) is 65.6 Å². The van der Waals surface area contributed by atoms with E-state index in [9.17, 15) is 18.3 Å². The molecule has 5 rings (SSSR count). The van der Waals surface area contributed by atoms with Gasteiger partial charge in [-0.25, -0.2) is 8.42 Å². The van der Waals surface area contributed by atoms with Gasteiger partial charge in [-0.15, -0.1) is 0 Å². The fourth-order valence-corrected chi connectivity index (χ4v) is 6.23. The normalized spacial score (nSPS) is 19.1. The van der Waals surface area contributed by atoms with Gasteiger partial charge in [-0.05, 0) is 74.1 Å². The Kier molecular flexibility index (Phi) is 8.84. The highest BCUT2D eigenvalue weighted by atomic mass is 35.5. The standard InChI is InChI=1S/C30H34ClN3O7S/c1-19-14-34(20(2)17-35)30(36)25-13-23(32-42(37,38)24-8-5-22(31)6-9-24)7-11-26(25)41-29(19)16-33(3)15-21-4-10-27-28(12-21)40-18-39-27/h4-13,19-20,29,32,35H,14-18H2,1-3H3/t19-,20-,29-/m0/s1. The van der Waals surface area contributed by atoms with E-state index in [-0.39, 0.29) is 47.5 Å². The molecule has 0 aromatic heterocycles. The van der Waals surface area contributed by atoms with Gasteiger partial charge in [0.25, 0.3) is 15.9 Å². The molecule has 0 saturated heterocycles. The van der Waals surface area contributed by atoms with E-state index in [1.165, 1.54) is 30.3 Å². The molecule has 2 N–H and O–H groups in total. The van der Waals surface area contributed by atoms with E-state index in [4.69, 9.17) is 25.8 Å². The topological polar surface area (TPSA) is 118 Å². The molecule has 0 saturated carbocycles. The summed E-state index contributed by atoms with van der Waals surface area (Å²) in [5.41, 5.74) is 1.48. The molecule has 0 bridgehead atoms. The van der Waals surface area contributed by atoms with Crippen molar-refractivity contribution in [3.63, 3.8) is 0 Å². The Bertz CT molecular complexity index is 1550. The third-order valence-corrected chi connectivity index (χ3v) is 9.07. The predicted molar refractivity (Wildman–Crippen MR) is 159 cm³/mol. The van der Waals surface area contributed by atoms with E-state index in [0.717, 1.165) is 17.1 Å². The molecular formula is C30H34ClN3O7S. The summed E-state index contributed by atoms with van der Waals surface area (Å²) in [5, 5.41) is 10.4. The fraction of sp³-hybridized carbons (Fsp3) is 0.367. The minimum absolute atomic E-state index is 0.0381. The van der Waals surface area contributed by atoms with Gasteiger partial charge in [-0.1, -0.05) is 24.6 Å².